The lowest BCUT2D eigenvalue weighted by Gasteiger charge is -2.09. The van der Waals surface area contributed by atoms with Crippen molar-refractivity contribution in [2.24, 2.45) is 0 Å². The van der Waals surface area contributed by atoms with E-state index in [0.717, 1.165) is 5.56 Å². The van der Waals surface area contributed by atoms with Crippen LogP contribution in [0.1, 0.15) is 5.56 Å². The van der Waals surface area contributed by atoms with Gasteiger partial charge in [0, 0.05) is 24.0 Å². The first-order valence-corrected chi connectivity index (χ1v) is 4.63. The van der Waals surface area contributed by atoms with Crippen LogP contribution in [0.3, 0.4) is 0 Å². The molecule has 0 fully saturated rings. The van der Waals surface area contributed by atoms with Crippen molar-refractivity contribution in [2.75, 3.05) is 5.43 Å². The van der Waals surface area contributed by atoms with Gasteiger partial charge in [-0.1, -0.05) is 0 Å². The molecule has 0 amide bonds. The third-order valence-electron chi connectivity index (χ3n) is 2.13. The summed E-state index contributed by atoms with van der Waals surface area (Å²) in [5.41, 5.74) is 3.81. The van der Waals surface area contributed by atoms with E-state index in [-0.39, 0.29) is 11.5 Å². The number of phenols is 2. The zero-order valence-electron chi connectivity index (χ0n) is 8.09. The highest BCUT2D eigenvalue weighted by Crippen LogP contribution is 2.22. The van der Waals surface area contributed by atoms with Crippen molar-refractivity contribution in [3.8, 4) is 11.5 Å². The molecule has 0 radical (unpaired) electrons. The van der Waals surface area contributed by atoms with Crippen LogP contribution in [-0.4, -0.2) is 14.9 Å². The molecule has 1 heterocycles. The van der Waals surface area contributed by atoms with E-state index < -0.39 is 0 Å². The Morgan fingerprint density at radius 1 is 1.13 bits per heavy atom. The molecule has 2 rings (SSSR count). The number of phenolic OH excluding ortho intramolecular Hbond substituents is 2. The number of nitrogens with one attached hydrogen (secondary N) is 1. The molecule has 2 aromatic rings. The Morgan fingerprint density at radius 2 is 1.87 bits per heavy atom. The number of nitrogens with zero attached hydrogens (tertiary/aromatic N) is 1. The van der Waals surface area contributed by atoms with Crippen LogP contribution >= 0.6 is 0 Å². The summed E-state index contributed by atoms with van der Waals surface area (Å²) in [4.78, 5) is 0. The van der Waals surface area contributed by atoms with Crippen LogP contribution in [0, 0.1) is 0 Å². The van der Waals surface area contributed by atoms with Gasteiger partial charge in [0.2, 0.25) is 0 Å². The van der Waals surface area contributed by atoms with Crippen molar-refractivity contribution < 1.29 is 10.2 Å². The maximum atomic E-state index is 9.51. The second-order valence-corrected chi connectivity index (χ2v) is 3.24. The van der Waals surface area contributed by atoms with Gasteiger partial charge in [-0.15, -0.1) is 0 Å². The van der Waals surface area contributed by atoms with Gasteiger partial charge in [0.25, 0.3) is 0 Å². The van der Waals surface area contributed by atoms with Gasteiger partial charge >= 0.3 is 0 Å². The fraction of sp³-hybridized carbons (Fsp3) is 0.0909. The van der Waals surface area contributed by atoms with Crippen LogP contribution in [0.4, 0.5) is 0 Å². The molecule has 4 heteroatoms. The van der Waals surface area contributed by atoms with Crippen molar-refractivity contribution in [1.29, 1.82) is 0 Å². The maximum Gasteiger partial charge on any atom is 0.124 e. The molecule has 0 aliphatic rings. The fourth-order valence-electron chi connectivity index (χ4n) is 1.32. The fourth-order valence-corrected chi connectivity index (χ4v) is 1.32. The molecule has 0 bridgehead atoms. The molecule has 0 aliphatic carbocycles. The summed E-state index contributed by atoms with van der Waals surface area (Å²) in [7, 11) is 0. The van der Waals surface area contributed by atoms with E-state index in [1.807, 2.05) is 24.5 Å². The summed E-state index contributed by atoms with van der Waals surface area (Å²) in [6.45, 7) is 0.501. The molecule has 0 atom stereocenters. The SMILES string of the molecule is Oc1ccc(CNn2cccc2)c(O)c1. The van der Waals surface area contributed by atoms with Crippen molar-refractivity contribution in [3.63, 3.8) is 0 Å². The van der Waals surface area contributed by atoms with Gasteiger partial charge in [-0.25, -0.2) is 0 Å². The molecule has 1 aromatic heterocycles. The monoisotopic (exact) mass is 204 g/mol. The van der Waals surface area contributed by atoms with E-state index in [1.54, 1.807) is 16.8 Å². The van der Waals surface area contributed by atoms with Gasteiger partial charge in [0.1, 0.15) is 11.5 Å². The van der Waals surface area contributed by atoms with Gasteiger partial charge in [0.15, 0.2) is 0 Å². The van der Waals surface area contributed by atoms with Crippen LogP contribution < -0.4 is 5.43 Å². The molecule has 3 N–H and O–H groups in total. The number of rotatable bonds is 3. The lowest BCUT2D eigenvalue weighted by Crippen LogP contribution is -2.11. The predicted octanol–water partition coefficient (Wildman–Crippen LogP) is 1.64. The smallest absolute Gasteiger partial charge is 0.124 e. The summed E-state index contributed by atoms with van der Waals surface area (Å²) in [5, 5.41) is 18.6. The summed E-state index contributed by atoms with van der Waals surface area (Å²) in [6, 6.07) is 8.37. The normalized spacial score (nSPS) is 10.1. The lowest BCUT2D eigenvalue weighted by molar-refractivity contribution is 0.446. The standard InChI is InChI=1S/C11H12N2O2/c14-10-4-3-9(11(15)7-10)8-12-13-5-1-2-6-13/h1-7,12,14-15H,8H2. The molecule has 1 aromatic carbocycles. The molecule has 0 saturated carbocycles. The molecule has 0 saturated heterocycles. The highest BCUT2D eigenvalue weighted by molar-refractivity contribution is 5.39. The summed E-state index contributed by atoms with van der Waals surface area (Å²) >= 11 is 0. The Kier molecular flexibility index (Phi) is 2.49. The minimum absolute atomic E-state index is 0.0669. The average molecular weight is 204 g/mol. The Bertz CT molecular complexity index is 438. The molecule has 0 unspecified atom stereocenters. The van der Waals surface area contributed by atoms with Crippen molar-refractivity contribution in [2.45, 2.75) is 6.54 Å². The molecule has 0 spiro atoms. The number of hydrogen-bond acceptors (Lipinski definition) is 3. The van der Waals surface area contributed by atoms with E-state index in [4.69, 9.17) is 5.11 Å². The topological polar surface area (TPSA) is 57.4 Å². The minimum atomic E-state index is 0.0669. The van der Waals surface area contributed by atoms with Crippen molar-refractivity contribution in [1.82, 2.24) is 4.68 Å². The number of benzene rings is 1. The van der Waals surface area contributed by atoms with E-state index in [0.29, 0.717) is 6.54 Å². The van der Waals surface area contributed by atoms with E-state index in [1.165, 1.54) is 6.07 Å². The molecular formula is C11H12N2O2. The van der Waals surface area contributed by atoms with Crippen molar-refractivity contribution in [3.05, 3.63) is 48.3 Å². The Morgan fingerprint density at radius 3 is 2.53 bits per heavy atom. The number of aromatic nitrogens is 1. The Hall–Kier alpha value is -2.10. The highest BCUT2D eigenvalue weighted by atomic mass is 16.3. The van der Waals surface area contributed by atoms with Gasteiger partial charge in [0.05, 0.1) is 6.54 Å². The summed E-state index contributed by atoms with van der Waals surface area (Å²) in [6.07, 6.45) is 3.74. The van der Waals surface area contributed by atoms with E-state index >= 15 is 0 Å². The van der Waals surface area contributed by atoms with E-state index in [2.05, 4.69) is 5.43 Å². The predicted molar refractivity (Wildman–Crippen MR) is 57.3 cm³/mol. The van der Waals surface area contributed by atoms with E-state index in [9.17, 15) is 5.11 Å². The molecule has 4 nitrogen and oxygen atoms in total. The van der Waals surface area contributed by atoms with Gasteiger partial charge in [-0.2, -0.15) is 0 Å². The molecule has 0 aliphatic heterocycles. The zero-order valence-corrected chi connectivity index (χ0v) is 8.09. The van der Waals surface area contributed by atoms with Gasteiger partial charge in [-0.05, 0) is 24.3 Å². The van der Waals surface area contributed by atoms with Gasteiger partial charge < -0.3 is 15.6 Å². The maximum absolute atomic E-state index is 9.51. The largest absolute Gasteiger partial charge is 0.508 e. The number of hydrogen-bond donors (Lipinski definition) is 3. The van der Waals surface area contributed by atoms with Crippen LogP contribution in [-0.2, 0) is 6.54 Å². The molecule has 78 valence electrons. The van der Waals surface area contributed by atoms with Crippen LogP contribution in [0.2, 0.25) is 0 Å². The van der Waals surface area contributed by atoms with Crippen molar-refractivity contribution >= 4 is 0 Å². The highest BCUT2D eigenvalue weighted by Gasteiger charge is 2.01. The molecule has 15 heavy (non-hydrogen) atoms. The third-order valence-corrected chi connectivity index (χ3v) is 2.13. The number of aromatic hydroxyl groups is 2. The Balaban J connectivity index is 2.05. The first kappa shape index (κ1) is 9.45. The molecular weight excluding hydrogens is 192 g/mol. The first-order valence-electron chi connectivity index (χ1n) is 4.63. The van der Waals surface area contributed by atoms with Crippen LogP contribution in [0.25, 0.3) is 0 Å². The second kappa shape index (κ2) is 3.96. The van der Waals surface area contributed by atoms with Crippen LogP contribution in [0.15, 0.2) is 42.7 Å². The quantitative estimate of drug-likeness (QED) is 0.712. The summed E-state index contributed by atoms with van der Waals surface area (Å²) in [5.74, 6) is 0.159. The van der Waals surface area contributed by atoms with Crippen LogP contribution in [0.5, 0.6) is 11.5 Å². The zero-order chi connectivity index (χ0) is 10.7. The minimum Gasteiger partial charge on any atom is -0.508 e. The third kappa shape index (κ3) is 2.22. The second-order valence-electron chi connectivity index (χ2n) is 3.24. The average Bonchev–Trinajstić information content (AvgIpc) is 2.69. The lowest BCUT2D eigenvalue weighted by atomic mass is 10.2. The summed E-state index contributed by atoms with van der Waals surface area (Å²) < 4.78 is 1.80. The Labute approximate surface area is 87.4 Å². The van der Waals surface area contributed by atoms with Gasteiger partial charge in [-0.3, -0.25) is 4.68 Å². The first-order chi connectivity index (χ1) is 7.25.